The molecule has 0 aliphatic rings. The van der Waals surface area contributed by atoms with E-state index in [-0.39, 0.29) is 0 Å². The summed E-state index contributed by atoms with van der Waals surface area (Å²) in [6.45, 7) is 2.03. The van der Waals surface area contributed by atoms with Gasteiger partial charge in [0.15, 0.2) is 16.5 Å². The van der Waals surface area contributed by atoms with Crippen LogP contribution >= 0.6 is 23.2 Å². The van der Waals surface area contributed by atoms with Gasteiger partial charge in [0.2, 0.25) is 0 Å². The van der Waals surface area contributed by atoms with E-state index in [0.717, 1.165) is 5.56 Å². The van der Waals surface area contributed by atoms with E-state index in [1.807, 2.05) is 31.2 Å². The number of nitrogens with one attached hydrogen (secondary N) is 1. The molecule has 0 fully saturated rings. The highest BCUT2D eigenvalue weighted by Crippen LogP contribution is 2.23. The Hall–Kier alpha value is -1.06. The van der Waals surface area contributed by atoms with Gasteiger partial charge in [-0.1, -0.05) is 53.0 Å². The number of benzene rings is 1. The van der Waals surface area contributed by atoms with Gasteiger partial charge >= 0.3 is 0 Å². The number of halogens is 2. The van der Waals surface area contributed by atoms with E-state index in [1.165, 1.54) is 5.56 Å². The molecular formula is C10H9Cl2N3. The van der Waals surface area contributed by atoms with Crippen LogP contribution in [0.1, 0.15) is 16.2 Å². The van der Waals surface area contributed by atoms with Crippen LogP contribution < -0.4 is 0 Å². The van der Waals surface area contributed by atoms with Crippen LogP contribution in [0.15, 0.2) is 24.3 Å². The van der Waals surface area contributed by atoms with Crippen LogP contribution in [-0.4, -0.2) is 15.2 Å². The molecule has 2 rings (SSSR count). The van der Waals surface area contributed by atoms with E-state index in [9.17, 15) is 0 Å². The van der Waals surface area contributed by atoms with Crippen molar-refractivity contribution in [2.45, 2.75) is 11.8 Å². The minimum absolute atomic E-state index is 0.467. The highest BCUT2D eigenvalue weighted by molar-refractivity contribution is 6.43. The fourth-order valence-electron chi connectivity index (χ4n) is 1.20. The summed E-state index contributed by atoms with van der Waals surface area (Å²) in [6, 6.07) is 7.92. The number of nitrogens with zero attached hydrogens (tertiary/aromatic N) is 2. The van der Waals surface area contributed by atoms with Gasteiger partial charge in [-0.25, -0.2) is 4.98 Å². The van der Waals surface area contributed by atoms with Crippen molar-refractivity contribution in [2.24, 2.45) is 0 Å². The summed E-state index contributed by atoms with van der Waals surface area (Å²) in [5.74, 6) is 1.07. The average molecular weight is 242 g/mol. The average Bonchev–Trinajstić information content (AvgIpc) is 2.68. The maximum absolute atomic E-state index is 5.66. The largest absolute Gasteiger partial charge is 0.260 e. The molecule has 0 saturated heterocycles. The highest BCUT2D eigenvalue weighted by atomic mass is 35.5. The van der Waals surface area contributed by atoms with Gasteiger partial charge in [-0.2, -0.15) is 5.10 Å². The number of hydrogen-bond acceptors (Lipinski definition) is 2. The van der Waals surface area contributed by atoms with E-state index in [0.29, 0.717) is 11.6 Å². The van der Waals surface area contributed by atoms with Crippen molar-refractivity contribution in [1.82, 2.24) is 15.2 Å². The Morgan fingerprint density at radius 3 is 2.40 bits per heavy atom. The van der Waals surface area contributed by atoms with Gasteiger partial charge in [-0.3, -0.25) is 5.10 Å². The van der Waals surface area contributed by atoms with Crippen molar-refractivity contribution < 1.29 is 0 Å². The van der Waals surface area contributed by atoms with Crippen molar-refractivity contribution >= 4 is 23.2 Å². The lowest BCUT2D eigenvalue weighted by molar-refractivity contribution is 1.01. The fraction of sp³-hybridized carbons (Fsp3) is 0.200. The van der Waals surface area contributed by atoms with E-state index in [4.69, 9.17) is 23.2 Å². The third kappa shape index (κ3) is 2.30. The molecule has 15 heavy (non-hydrogen) atoms. The van der Waals surface area contributed by atoms with Crippen LogP contribution in [0.2, 0.25) is 0 Å². The maximum Gasteiger partial charge on any atom is 0.181 e. The van der Waals surface area contributed by atoms with Gasteiger partial charge in [0.05, 0.1) is 0 Å². The second-order valence-electron chi connectivity index (χ2n) is 3.21. The maximum atomic E-state index is 5.66. The first kappa shape index (κ1) is 10.5. The van der Waals surface area contributed by atoms with E-state index in [1.54, 1.807) is 0 Å². The van der Waals surface area contributed by atoms with Crippen molar-refractivity contribution in [3.8, 4) is 11.4 Å². The Kier molecular flexibility index (Phi) is 2.93. The summed E-state index contributed by atoms with van der Waals surface area (Å²) >= 11 is 11.3. The minimum atomic E-state index is -0.670. The Bertz CT molecular complexity index is 448. The Morgan fingerprint density at radius 2 is 1.87 bits per heavy atom. The topological polar surface area (TPSA) is 41.6 Å². The van der Waals surface area contributed by atoms with Crippen molar-refractivity contribution in [3.63, 3.8) is 0 Å². The highest BCUT2D eigenvalue weighted by Gasteiger charge is 2.10. The second-order valence-corrected chi connectivity index (χ2v) is 4.31. The first-order valence-corrected chi connectivity index (χ1v) is 5.31. The zero-order valence-corrected chi connectivity index (χ0v) is 9.55. The van der Waals surface area contributed by atoms with E-state index in [2.05, 4.69) is 15.2 Å². The lowest BCUT2D eigenvalue weighted by atomic mass is 10.1. The molecule has 0 atom stereocenters. The minimum Gasteiger partial charge on any atom is -0.260 e. The van der Waals surface area contributed by atoms with E-state index < -0.39 is 4.84 Å². The summed E-state index contributed by atoms with van der Waals surface area (Å²) in [5.41, 5.74) is 2.14. The summed E-state index contributed by atoms with van der Waals surface area (Å²) < 4.78 is 0. The first-order valence-electron chi connectivity index (χ1n) is 4.44. The van der Waals surface area contributed by atoms with Gasteiger partial charge in [0.25, 0.3) is 0 Å². The molecule has 1 heterocycles. The summed E-state index contributed by atoms with van der Waals surface area (Å²) in [7, 11) is 0. The molecule has 1 aromatic carbocycles. The quantitative estimate of drug-likeness (QED) is 0.821. The SMILES string of the molecule is Cc1ccc(-c2n[nH]c(C(Cl)Cl)n2)cc1. The summed E-state index contributed by atoms with van der Waals surface area (Å²) in [4.78, 5) is 3.51. The van der Waals surface area contributed by atoms with Crippen molar-refractivity contribution in [3.05, 3.63) is 35.7 Å². The predicted molar refractivity (Wildman–Crippen MR) is 61.0 cm³/mol. The molecule has 78 valence electrons. The third-order valence-electron chi connectivity index (χ3n) is 2.02. The number of hydrogen-bond donors (Lipinski definition) is 1. The summed E-state index contributed by atoms with van der Waals surface area (Å²) in [6.07, 6.45) is 0. The standard InChI is InChI=1S/C10H9Cl2N3/c1-6-2-4-7(5-3-6)9-13-10(8(11)12)15-14-9/h2-5,8H,1H3,(H,13,14,15). The Balaban J connectivity index is 2.33. The van der Waals surface area contributed by atoms with Crippen LogP contribution in [0.25, 0.3) is 11.4 Å². The number of aromatic nitrogens is 3. The third-order valence-corrected chi connectivity index (χ3v) is 2.43. The molecule has 2 aromatic rings. The second kappa shape index (κ2) is 4.21. The molecule has 0 aliphatic carbocycles. The molecule has 0 bridgehead atoms. The van der Waals surface area contributed by atoms with Crippen LogP contribution in [0.3, 0.4) is 0 Å². The first-order chi connectivity index (χ1) is 7.16. The Labute approximate surface area is 97.4 Å². The number of aryl methyl sites for hydroxylation is 1. The molecule has 0 amide bonds. The van der Waals surface area contributed by atoms with Gasteiger partial charge in [-0.15, -0.1) is 0 Å². The van der Waals surface area contributed by atoms with Crippen molar-refractivity contribution in [1.29, 1.82) is 0 Å². The zero-order valence-electron chi connectivity index (χ0n) is 8.04. The van der Waals surface area contributed by atoms with Gasteiger partial charge in [0.1, 0.15) is 0 Å². The van der Waals surface area contributed by atoms with Crippen LogP contribution in [0, 0.1) is 6.92 Å². The van der Waals surface area contributed by atoms with Crippen LogP contribution in [0.5, 0.6) is 0 Å². The van der Waals surface area contributed by atoms with Gasteiger partial charge in [-0.05, 0) is 6.92 Å². The molecule has 3 nitrogen and oxygen atoms in total. The molecule has 1 N–H and O–H groups in total. The molecular weight excluding hydrogens is 233 g/mol. The molecule has 0 unspecified atom stereocenters. The molecule has 0 saturated carbocycles. The van der Waals surface area contributed by atoms with Crippen molar-refractivity contribution in [2.75, 3.05) is 0 Å². The molecule has 5 heteroatoms. The summed E-state index contributed by atoms with van der Waals surface area (Å²) in [5, 5.41) is 6.73. The molecule has 1 aromatic heterocycles. The number of aromatic amines is 1. The van der Waals surface area contributed by atoms with Crippen LogP contribution in [0.4, 0.5) is 0 Å². The molecule has 0 radical (unpaired) electrons. The van der Waals surface area contributed by atoms with Crippen LogP contribution in [-0.2, 0) is 0 Å². The zero-order chi connectivity index (χ0) is 10.8. The molecule has 0 aliphatic heterocycles. The number of alkyl halides is 2. The monoisotopic (exact) mass is 241 g/mol. The smallest absolute Gasteiger partial charge is 0.181 e. The predicted octanol–water partition coefficient (Wildman–Crippen LogP) is 3.26. The lowest BCUT2D eigenvalue weighted by Crippen LogP contribution is -1.84. The van der Waals surface area contributed by atoms with Gasteiger partial charge in [0, 0.05) is 5.56 Å². The lowest BCUT2D eigenvalue weighted by Gasteiger charge is -1.95. The number of H-pyrrole nitrogens is 1. The van der Waals surface area contributed by atoms with Gasteiger partial charge < -0.3 is 0 Å². The Morgan fingerprint density at radius 1 is 1.20 bits per heavy atom. The normalized spacial score (nSPS) is 10.9. The number of rotatable bonds is 2. The molecule has 0 spiro atoms. The van der Waals surface area contributed by atoms with E-state index >= 15 is 0 Å². The fourth-order valence-corrected chi connectivity index (χ4v) is 1.40.